The fraction of sp³-hybridized carbons (Fsp3) is 0.143. The standard InChI is InChI=1S/C7H9O3P.2Na.2H/c8-7(11(9)10)6-4-2-1-3-5-6;;;;/h1-5,7-8,11H,(H,9,10);;;;/p+1. The van der Waals surface area contributed by atoms with E-state index in [2.05, 4.69) is 0 Å². The molecule has 1 aromatic carbocycles. The SMILES string of the molecule is O=[PH](O)C(O)c1ccccc1.[H+].[NaH].[NaH]. The van der Waals surface area contributed by atoms with Crippen molar-refractivity contribution in [3.63, 3.8) is 0 Å². The quantitative estimate of drug-likeness (QED) is 0.544. The third-order valence-electron chi connectivity index (χ3n) is 1.35. The van der Waals surface area contributed by atoms with Crippen LogP contribution in [0.1, 0.15) is 12.8 Å². The minimum absolute atomic E-state index is 0. The summed E-state index contributed by atoms with van der Waals surface area (Å²) in [4.78, 5) is 8.57. The Morgan fingerprint density at radius 1 is 1.23 bits per heavy atom. The van der Waals surface area contributed by atoms with Gasteiger partial charge < -0.3 is 10.00 Å². The average Bonchev–Trinajstić information content (AvgIpc) is 2.05. The zero-order valence-electron chi connectivity index (χ0n) is 6.77. The molecule has 0 aromatic heterocycles. The maximum atomic E-state index is 10.4. The van der Waals surface area contributed by atoms with Gasteiger partial charge in [-0.2, -0.15) is 0 Å². The fourth-order valence-electron chi connectivity index (χ4n) is 0.778. The summed E-state index contributed by atoms with van der Waals surface area (Å²) in [6.45, 7) is 0. The summed E-state index contributed by atoms with van der Waals surface area (Å²) in [7, 11) is -2.86. The monoisotopic (exact) mass is 221 g/mol. The van der Waals surface area contributed by atoms with Gasteiger partial charge in [-0.1, -0.05) is 30.3 Å². The van der Waals surface area contributed by atoms with Crippen molar-refractivity contribution in [2.24, 2.45) is 0 Å². The average molecular weight is 221 g/mol. The van der Waals surface area contributed by atoms with E-state index in [1.807, 2.05) is 0 Å². The van der Waals surface area contributed by atoms with Crippen molar-refractivity contribution < 1.29 is 16.0 Å². The van der Waals surface area contributed by atoms with Gasteiger partial charge in [0.1, 0.15) is 0 Å². The van der Waals surface area contributed by atoms with E-state index < -0.39 is 13.9 Å². The first-order valence-corrected chi connectivity index (χ1v) is 4.61. The molecule has 1 aromatic rings. The van der Waals surface area contributed by atoms with Gasteiger partial charge in [0.25, 0.3) is 0 Å². The molecule has 0 heterocycles. The molecule has 0 fully saturated rings. The van der Waals surface area contributed by atoms with Gasteiger partial charge >= 0.3 is 60.5 Å². The van der Waals surface area contributed by atoms with Crippen molar-refractivity contribution in [2.75, 3.05) is 0 Å². The third kappa shape index (κ3) is 5.73. The van der Waals surface area contributed by atoms with Crippen LogP contribution in [0.4, 0.5) is 0 Å². The molecular weight excluding hydrogens is 209 g/mol. The zero-order valence-corrected chi connectivity index (χ0v) is 6.77. The zero-order chi connectivity index (χ0) is 8.27. The van der Waals surface area contributed by atoms with Crippen molar-refractivity contribution in [3.05, 3.63) is 35.9 Å². The second kappa shape index (κ2) is 8.66. The van der Waals surface area contributed by atoms with Crippen LogP contribution in [0.3, 0.4) is 0 Å². The molecule has 2 unspecified atom stereocenters. The summed E-state index contributed by atoms with van der Waals surface area (Å²) < 4.78 is 10.4. The van der Waals surface area contributed by atoms with Crippen LogP contribution in [0.15, 0.2) is 30.3 Å². The molecule has 0 radical (unpaired) electrons. The van der Waals surface area contributed by atoms with Crippen molar-refractivity contribution in [1.82, 2.24) is 0 Å². The van der Waals surface area contributed by atoms with Gasteiger partial charge in [-0.05, 0) is 5.56 Å². The van der Waals surface area contributed by atoms with E-state index in [0.717, 1.165) is 0 Å². The predicted octanol–water partition coefficient (Wildman–Crippen LogP) is -0.0400. The van der Waals surface area contributed by atoms with Crippen molar-refractivity contribution >= 4 is 67.1 Å². The number of hydrogen-bond acceptors (Lipinski definition) is 2. The number of benzene rings is 1. The molecule has 2 atom stereocenters. The van der Waals surface area contributed by atoms with Crippen LogP contribution in [0.5, 0.6) is 0 Å². The van der Waals surface area contributed by atoms with E-state index in [1.165, 1.54) is 0 Å². The van der Waals surface area contributed by atoms with Gasteiger partial charge in [-0.15, -0.1) is 0 Å². The Balaban J connectivity index is -0.000000403. The third-order valence-corrected chi connectivity index (χ3v) is 2.15. The Morgan fingerprint density at radius 2 is 1.69 bits per heavy atom. The Bertz CT molecular complexity index is 260. The Morgan fingerprint density at radius 3 is 2.08 bits per heavy atom. The van der Waals surface area contributed by atoms with Gasteiger partial charge in [-0.3, -0.25) is 4.57 Å². The van der Waals surface area contributed by atoms with Gasteiger partial charge in [0.05, 0.1) is 0 Å². The van der Waals surface area contributed by atoms with Crippen LogP contribution >= 0.6 is 8.03 Å². The van der Waals surface area contributed by atoms with E-state index in [1.54, 1.807) is 30.3 Å². The molecule has 0 aliphatic heterocycles. The molecule has 0 saturated heterocycles. The van der Waals surface area contributed by atoms with Crippen LogP contribution in [0.2, 0.25) is 0 Å². The van der Waals surface area contributed by atoms with E-state index in [9.17, 15) is 4.57 Å². The fourth-order valence-corrected chi connectivity index (χ4v) is 1.26. The molecule has 0 spiro atoms. The van der Waals surface area contributed by atoms with E-state index in [4.69, 9.17) is 10.00 Å². The number of rotatable bonds is 2. The number of hydrogen-bond donors (Lipinski definition) is 2. The van der Waals surface area contributed by atoms with Gasteiger partial charge in [0.2, 0.25) is 8.03 Å². The van der Waals surface area contributed by atoms with Crippen LogP contribution in [0.25, 0.3) is 0 Å². The first-order valence-electron chi connectivity index (χ1n) is 3.17. The summed E-state index contributed by atoms with van der Waals surface area (Å²) in [6.07, 6.45) is 0. The first kappa shape index (κ1) is 16.8. The molecule has 0 amide bonds. The Kier molecular flexibility index (Phi) is 11.2. The molecule has 0 aliphatic carbocycles. The molecule has 3 nitrogen and oxygen atoms in total. The van der Waals surface area contributed by atoms with Gasteiger partial charge in [0.15, 0.2) is 5.85 Å². The first-order chi connectivity index (χ1) is 5.22. The van der Waals surface area contributed by atoms with Gasteiger partial charge in [-0.25, -0.2) is 0 Å². The molecule has 0 bridgehead atoms. The second-order valence-corrected chi connectivity index (χ2v) is 3.37. The van der Waals surface area contributed by atoms with Crippen LogP contribution in [0, 0.1) is 0 Å². The van der Waals surface area contributed by atoms with Crippen molar-refractivity contribution in [2.45, 2.75) is 5.85 Å². The number of aliphatic hydroxyl groups excluding tert-OH is 1. The van der Waals surface area contributed by atoms with E-state index in [0.29, 0.717) is 5.56 Å². The number of aliphatic hydroxyl groups is 1. The molecule has 1 rings (SSSR count). The summed E-state index contributed by atoms with van der Waals surface area (Å²) in [6, 6.07) is 8.43. The Labute approximate surface area is 123 Å². The molecule has 64 valence electrons. The minimum atomic E-state index is -2.86. The summed E-state index contributed by atoms with van der Waals surface area (Å²) >= 11 is 0. The topological polar surface area (TPSA) is 57.5 Å². The maximum absolute atomic E-state index is 10.4. The molecular formula is C7H12Na2O3P+. The predicted molar refractivity (Wildman–Crippen MR) is 58.0 cm³/mol. The van der Waals surface area contributed by atoms with Crippen LogP contribution < -0.4 is 0 Å². The summed E-state index contributed by atoms with van der Waals surface area (Å²) in [5.41, 5.74) is 0.485. The summed E-state index contributed by atoms with van der Waals surface area (Å²) in [5, 5.41) is 9.08. The molecule has 0 aliphatic rings. The Hall–Kier alpha value is 1.37. The second-order valence-electron chi connectivity index (χ2n) is 2.15. The molecule has 6 heteroatoms. The molecule has 2 N–H and O–H groups in total. The van der Waals surface area contributed by atoms with Crippen molar-refractivity contribution in [1.29, 1.82) is 0 Å². The van der Waals surface area contributed by atoms with Crippen molar-refractivity contribution in [3.8, 4) is 0 Å². The van der Waals surface area contributed by atoms with Crippen LogP contribution in [-0.4, -0.2) is 69.1 Å². The molecule has 13 heavy (non-hydrogen) atoms. The normalized spacial score (nSPS) is 13.4. The van der Waals surface area contributed by atoms with E-state index in [-0.39, 0.29) is 60.5 Å². The summed E-state index contributed by atoms with van der Waals surface area (Å²) in [5.74, 6) is -1.22. The van der Waals surface area contributed by atoms with Crippen LogP contribution in [-0.2, 0) is 4.57 Å². The van der Waals surface area contributed by atoms with E-state index >= 15 is 0 Å². The van der Waals surface area contributed by atoms with Gasteiger partial charge in [0, 0.05) is 0 Å². The molecule has 0 saturated carbocycles.